The van der Waals surface area contributed by atoms with Gasteiger partial charge >= 0.3 is 0 Å². The standard InChI is InChI=1S/C16H21N3O/c1-11-14(10-17-13-8-9-13)12(2)19(18-11)15-6-4-5-7-16(15)20-3/h4-7,13,17H,8-10H2,1-3H3. The summed E-state index contributed by atoms with van der Waals surface area (Å²) in [4.78, 5) is 0. The average molecular weight is 271 g/mol. The number of nitrogens with zero attached hydrogens (tertiary/aromatic N) is 2. The number of benzene rings is 1. The molecule has 0 saturated heterocycles. The minimum Gasteiger partial charge on any atom is -0.494 e. The van der Waals surface area contributed by atoms with Crippen molar-refractivity contribution in [3.8, 4) is 11.4 Å². The largest absolute Gasteiger partial charge is 0.494 e. The van der Waals surface area contributed by atoms with Crippen LogP contribution in [0.4, 0.5) is 0 Å². The minimum absolute atomic E-state index is 0.711. The van der Waals surface area contributed by atoms with E-state index in [1.165, 1.54) is 24.1 Å². The quantitative estimate of drug-likeness (QED) is 0.909. The molecule has 1 aliphatic carbocycles. The number of methoxy groups -OCH3 is 1. The molecule has 1 aromatic carbocycles. The van der Waals surface area contributed by atoms with Gasteiger partial charge < -0.3 is 10.1 Å². The molecule has 0 spiro atoms. The van der Waals surface area contributed by atoms with Crippen LogP contribution in [0.2, 0.25) is 0 Å². The van der Waals surface area contributed by atoms with Crippen molar-refractivity contribution in [3.63, 3.8) is 0 Å². The second-order valence-electron chi connectivity index (χ2n) is 5.39. The average Bonchev–Trinajstić information content (AvgIpc) is 3.24. The fourth-order valence-corrected chi connectivity index (χ4v) is 2.50. The highest BCUT2D eigenvalue weighted by atomic mass is 16.5. The molecule has 1 aromatic heterocycles. The van der Waals surface area contributed by atoms with Crippen LogP contribution < -0.4 is 10.1 Å². The number of nitrogens with one attached hydrogen (secondary N) is 1. The first-order valence-electron chi connectivity index (χ1n) is 7.12. The molecule has 2 aromatic rings. The van der Waals surface area contributed by atoms with Crippen LogP contribution in [-0.4, -0.2) is 22.9 Å². The molecule has 1 fully saturated rings. The molecule has 1 saturated carbocycles. The predicted molar refractivity (Wildman–Crippen MR) is 79.5 cm³/mol. The lowest BCUT2D eigenvalue weighted by Gasteiger charge is -2.10. The van der Waals surface area contributed by atoms with E-state index in [2.05, 4.69) is 24.3 Å². The highest BCUT2D eigenvalue weighted by molar-refractivity contribution is 5.48. The molecule has 0 radical (unpaired) electrons. The van der Waals surface area contributed by atoms with Crippen LogP contribution in [-0.2, 0) is 6.54 Å². The summed E-state index contributed by atoms with van der Waals surface area (Å²) in [5.74, 6) is 0.847. The van der Waals surface area contributed by atoms with Gasteiger partial charge in [-0.1, -0.05) is 12.1 Å². The van der Waals surface area contributed by atoms with Crippen LogP contribution >= 0.6 is 0 Å². The molecule has 0 aliphatic heterocycles. The van der Waals surface area contributed by atoms with Crippen molar-refractivity contribution in [1.82, 2.24) is 15.1 Å². The maximum absolute atomic E-state index is 5.44. The zero-order valence-electron chi connectivity index (χ0n) is 12.3. The number of hydrogen-bond acceptors (Lipinski definition) is 3. The third-order valence-corrected chi connectivity index (χ3v) is 3.90. The highest BCUT2D eigenvalue weighted by Crippen LogP contribution is 2.26. The number of aryl methyl sites for hydroxylation is 1. The monoisotopic (exact) mass is 271 g/mol. The lowest BCUT2D eigenvalue weighted by Crippen LogP contribution is -2.16. The Balaban J connectivity index is 1.95. The Morgan fingerprint density at radius 3 is 2.75 bits per heavy atom. The molecule has 1 N–H and O–H groups in total. The lowest BCUT2D eigenvalue weighted by molar-refractivity contribution is 0.411. The van der Waals surface area contributed by atoms with Gasteiger partial charge in [0, 0.05) is 23.8 Å². The lowest BCUT2D eigenvalue weighted by atomic mass is 10.2. The Hall–Kier alpha value is -1.81. The summed E-state index contributed by atoms with van der Waals surface area (Å²) in [7, 11) is 1.69. The Morgan fingerprint density at radius 1 is 1.30 bits per heavy atom. The van der Waals surface area contributed by atoms with E-state index in [4.69, 9.17) is 4.74 Å². The number of aromatic nitrogens is 2. The van der Waals surface area contributed by atoms with Gasteiger partial charge in [-0.25, -0.2) is 4.68 Å². The molecule has 20 heavy (non-hydrogen) atoms. The van der Waals surface area contributed by atoms with E-state index in [1.54, 1.807) is 7.11 Å². The second-order valence-corrected chi connectivity index (χ2v) is 5.39. The van der Waals surface area contributed by atoms with Gasteiger partial charge in [-0.15, -0.1) is 0 Å². The number of ether oxygens (including phenoxy) is 1. The molecule has 0 amide bonds. The number of para-hydroxylation sites is 2. The fourth-order valence-electron chi connectivity index (χ4n) is 2.50. The summed E-state index contributed by atoms with van der Waals surface area (Å²) in [5, 5.41) is 8.25. The Bertz CT molecular complexity index is 614. The van der Waals surface area contributed by atoms with Crippen molar-refractivity contribution in [1.29, 1.82) is 0 Å². The topological polar surface area (TPSA) is 39.1 Å². The van der Waals surface area contributed by atoms with E-state index in [1.807, 2.05) is 28.9 Å². The van der Waals surface area contributed by atoms with Crippen LogP contribution in [0.5, 0.6) is 5.75 Å². The molecular formula is C16H21N3O. The van der Waals surface area contributed by atoms with Crippen molar-refractivity contribution >= 4 is 0 Å². The Labute approximate surface area is 119 Å². The minimum atomic E-state index is 0.711. The molecule has 0 unspecified atom stereocenters. The highest BCUT2D eigenvalue weighted by Gasteiger charge is 2.22. The first-order valence-corrected chi connectivity index (χ1v) is 7.12. The summed E-state index contributed by atoms with van der Waals surface area (Å²) in [6, 6.07) is 8.70. The molecule has 1 aliphatic rings. The van der Waals surface area contributed by atoms with Crippen LogP contribution in [0.1, 0.15) is 29.8 Å². The van der Waals surface area contributed by atoms with Crippen molar-refractivity contribution in [2.24, 2.45) is 0 Å². The van der Waals surface area contributed by atoms with Gasteiger partial charge in [0.1, 0.15) is 11.4 Å². The summed E-state index contributed by atoms with van der Waals surface area (Å²) in [6.07, 6.45) is 2.61. The molecule has 0 bridgehead atoms. The fraction of sp³-hybridized carbons (Fsp3) is 0.438. The van der Waals surface area contributed by atoms with Gasteiger partial charge in [0.05, 0.1) is 12.8 Å². The van der Waals surface area contributed by atoms with E-state index in [9.17, 15) is 0 Å². The molecule has 4 nitrogen and oxygen atoms in total. The summed E-state index contributed by atoms with van der Waals surface area (Å²) >= 11 is 0. The Morgan fingerprint density at radius 2 is 2.05 bits per heavy atom. The third-order valence-electron chi connectivity index (χ3n) is 3.90. The van der Waals surface area contributed by atoms with Crippen molar-refractivity contribution in [2.75, 3.05) is 7.11 Å². The van der Waals surface area contributed by atoms with E-state index in [0.29, 0.717) is 6.04 Å². The predicted octanol–water partition coefficient (Wildman–Crippen LogP) is 2.75. The maximum atomic E-state index is 5.44. The van der Waals surface area contributed by atoms with Crippen LogP contribution in [0.15, 0.2) is 24.3 Å². The molecule has 3 rings (SSSR count). The van der Waals surface area contributed by atoms with Crippen molar-refractivity contribution in [2.45, 2.75) is 39.3 Å². The van der Waals surface area contributed by atoms with E-state index < -0.39 is 0 Å². The molecule has 0 atom stereocenters. The number of rotatable bonds is 5. The number of hydrogen-bond donors (Lipinski definition) is 1. The van der Waals surface area contributed by atoms with E-state index >= 15 is 0 Å². The van der Waals surface area contributed by atoms with Gasteiger partial charge in [0.25, 0.3) is 0 Å². The summed E-state index contributed by atoms with van der Waals surface area (Å²) in [6.45, 7) is 5.09. The van der Waals surface area contributed by atoms with E-state index in [-0.39, 0.29) is 0 Å². The molecule has 1 heterocycles. The van der Waals surface area contributed by atoms with Crippen LogP contribution in [0, 0.1) is 13.8 Å². The third kappa shape index (κ3) is 2.43. The summed E-state index contributed by atoms with van der Waals surface area (Å²) in [5.41, 5.74) is 4.55. The van der Waals surface area contributed by atoms with Crippen LogP contribution in [0.3, 0.4) is 0 Å². The maximum Gasteiger partial charge on any atom is 0.144 e. The van der Waals surface area contributed by atoms with Gasteiger partial charge in [0.15, 0.2) is 0 Å². The van der Waals surface area contributed by atoms with Crippen molar-refractivity contribution < 1.29 is 4.74 Å². The zero-order chi connectivity index (χ0) is 14.1. The van der Waals surface area contributed by atoms with E-state index in [0.717, 1.165) is 23.7 Å². The Kier molecular flexibility index (Phi) is 3.49. The first-order chi connectivity index (χ1) is 9.70. The van der Waals surface area contributed by atoms with Crippen LogP contribution in [0.25, 0.3) is 5.69 Å². The van der Waals surface area contributed by atoms with Crippen molar-refractivity contribution in [3.05, 3.63) is 41.2 Å². The molecule has 4 heteroatoms. The normalized spacial score (nSPS) is 14.6. The SMILES string of the molecule is COc1ccccc1-n1nc(C)c(CNC2CC2)c1C. The molecular weight excluding hydrogens is 250 g/mol. The smallest absolute Gasteiger partial charge is 0.144 e. The zero-order valence-corrected chi connectivity index (χ0v) is 12.3. The second kappa shape index (κ2) is 5.29. The van der Waals surface area contributed by atoms with Gasteiger partial charge in [-0.2, -0.15) is 5.10 Å². The van der Waals surface area contributed by atoms with Gasteiger partial charge in [-0.3, -0.25) is 0 Å². The van der Waals surface area contributed by atoms with Gasteiger partial charge in [0.2, 0.25) is 0 Å². The first kappa shape index (κ1) is 13.2. The summed E-state index contributed by atoms with van der Waals surface area (Å²) < 4.78 is 7.42. The van der Waals surface area contributed by atoms with Gasteiger partial charge in [-0.05, 0) is 38.8 Å². The molecule has 106 valence electrons.